The van der Waals surface area contributed by atoms with Crippen molar-refractivity contribution in [2.45, 2.75) is 20.3 Å². The van der Waals surface area contributed by atoms with Crippen LogP contribution in [0.1, 0.15) is 18.9 Å². The maximum absolute atomic E-state index is 4.34. The number of aromatic nitrogens is 3. The highest BCUT2D eigenvalue weighted by atomic mass is 15.3. The topological polar surface area (TPSA) is 42.2 Å². The second kappa shape index (κ2) is 4.67. The van der Waals surface area contributed by atoms with Gasteiger partial charge in [-0.1, -0.05) is 6.07 Å². The Morgan fingerprint density at radius 2 is 2.31 bits per heavy atom. The lowest BCUT2D eigenvalue weighted by Crippen LogP contribution is -2.02. The van der Waals surface area contributed by atoms with Crippen molar-refractivity contribution in [3.8, 4) is 11.8 Å². The van der Waals surface area contributed by atoms with E-state index in [1.54, 1.807) is 4.52 Å². The van der Waals surface area contributed by atoms with Gasteiger partial charge in [-0.25, -0.2) is 4.52 Å². The fourth-order valence-corrected chi connectivity index (χ4v) is 1.42. The van der Waals surface area contributed by atoms with Gasteiger partial charge in [0.1, 0.15) is 0 Å². The lowest BCUT2D eigenvalue weighted by molar-refractivity contribution is 0.940. The summed E-state index contributed by atoms with van der Waals surface area (Å²) in [5, 5.41) is 7.46. The Labute approximate surface area is 94.7 Å². The van der Waals surface area contributed by atoms with E-state index >= 15 is 0 Å². The van der Waals surface area contributed by atoms with Crippen molar-refractivity contribution in [2.75, 3.05) is 11.9 Å². The van der Waals surface area contributed by atoms with Crippen LogP contribution in [0.15, 0.2) is 18.3 Å². The highest BCUT2D eigenvalue weighted by Crippen LogP contribution is 2.06. The molecule has 0 fully saturated rings. The molecule has 1 N–H and O–H groups in total. The van der Waals surface area contributed by atoms with Gasteiger partial charge >= 0.3 is 0 Å². The van der Waals surface area contributed by atoms with E-state index in [1.165, 1.54) is 5.56 Å². The molecular formula is C12H14N4. The number of hydrogen-bond acceptors (Lipinski definition) is 3. The van der Waals surface area contributed by atoms with Gasteiger partial charge in [0.15, 0.2) is 5.65 Å². The second-order valence-electron chi connectivity index (χ2n) is 3.55. The van der Waals surface area contributed by atoms with Gasteiger partial charge in [0.2, 0.25) is 5.95 Å². The summed E-state index contributed by atoms with van der Waals surface area (Å²) >= 11 is 0. The first-order valence-corrected chi connectivity index (χ1v) is 5.26. The van der Waals surface area contributed by atoms with Crippen molar-refractivity contribution >= 4 is 11.6 Å². The summed E-state index contributed by atoms with van der Waals surface area (Å²) in [6.07, 6.45) is 2.77. The summed E-state index contributed by atoms with van der Waals surface area (Å²) in [6, 6.07) is 3.98. The number of nitrogens with zero attached hydrogens (tertiary/aromatic N) is 3. The molecular weight excluding hydrogens is 200 g/mol. The minimum absolute atomic E-state index is 0.656. The molecule has 16 heavy (non-hydrogen) atoms. The van der Waals surface area contributed by atoms with E-state index in [9.17, 15) is 0 Å². The van der Waals surface area contributed by atoms with Gasteiger partial charge in [-0.2, -0.15) is 4.98 Å². The van der Waals surface area contributed by atoms with Gasteiger partial charge in [0.25, 0.3) is 0 Å². The SMILES string of the molecule is CC#CCCNc1nc2ccc(C)cn2n1. The summed E-state index contributed by atoms with van der Waals surface area (Å²) in [7, 11) is 0. The molecule has 4 heteroatoms. The zero-order valence-corrected chi connectivity index (χ0v) is 9.49. The Morgan fingerprint density at radius 1 is 1.44 bits per heavy atom. The van der Waals surface area contributed by atoms with E-state index in [1.807, 2.05) is 32.2 Å². The molecule has 0 atom stereocenters. The highest BCUT2D eigenvalue weighted by molar-refractivity contribution is 5.44. The highest BCUT2D eigenvalue weighted by Gasteiger charge is 2.01. The van der Waals surface area contributed by atoms with E-state index < -0.39 is 0 Å². The average Bonchev–Trinajstić information content (AvgIpc) is 2.66. The third-order valence-corrected chi connectivity index (χ3v) is 2.19. The quantitative estimate of drug-likeness (QED) is 0.626. The van der Waals surface area contributed by atoms with Crippen LogP contribution in [-0.2, 0) is 0 Å². The van der Waals surface area contributed by atoms with E-state index in [-0.39, 0.29) is 0 Å². The molecule has 82 valence electrons. The van der Waals surface area contributed by atoms with Gasteiger partial charge in [-0.05, 0) is 25.5 Å². The van der Waals surface area contributed by atoms with Crippen LogP contribution in [-0.4, -0.2) is 21.1 Å². The molecule has 2 aromatic rings. The normalized spacial score (nSPS) is 9.88. The summed E-state index contributed by atoms with van der Waals surface area (Å²) < 4.78 is 1.78. The molecule has 2 heterocycles. The summed E-state index contributed by atoms with van der Waals surface area (Å²) in [4.78, 5) is 4.34. The number of pyridine rings is 1. The van der Waals surface area contributed by atoms with Crippen LogP contribution in [0.5, 0.6) is 0 Å². The summed E-state index contributed by atoms with van der Waals surface area (Å²) in [6.45, 7) is 4.65. The molecule has 0 bridgehead atoms. The number of fused-ring (bicyclic) bond motifs is 1. The van der Waals surface area contributed by atoms with Crippen LogP contribution in [0.2, 0.25) is 0 Å². The molecule has 2 aromatic heterocycles. The molecule has 0 saturated heterocycles. The van der Waals surface area contributed by atoms with Crippen molar-refractivity contribution in [1.82, 2.24) is 14.6 Å². The molecule has 0 spiro atoms. The maximum Gasteiger partial charge on any atom is 0.243 e. The van der Waals surface area contributed by atoms with Crippen LogP contribution in [0.25, 0.3) is 5.65 Å². The predicted molar refractivity (Wildman–Crippen MR) is 64.3 cm³/mol. The van der Waals surface area contributed by atoms with Crippen molar-refractivity contribution in [3.05, 3.63) is 23.9 Å². The largest absolute Gasteiger partial charge is 0.352 e. The van der Waals surface area contributed by atoms with E-state index in [0.29, 0.717) is 5.95 Å². The summed E-state index contributed by atoms with van der Waals surface area (Å²) in [5.41, 5.74) is 2.02. The van der Waals surface area contributed by atoms with Crippen LogP contribution >= 0.6 is 0 Å². The second-order valence-corrected chi connectivity index (χ2v) is 3.55. The standard InChI is InChI=1S/C12H14N4/c1-3-4-5-8-13-12-14-11-7-6-10(2)9-16(11)15-12/h6-7,9H,5,8H2,1-2H3,(H,13,15). The predicted octanol–water partition coefficient (Wildman–Crippen LogP) is 1.86. The van der Waals surface area contributed by atoms with Crippen molar-refractivity contribution in [1.29, 1.82) is 0 Å². The van der Waals surface area contributed by atoms with Crippen molar-refractivity contribution < 1.29 is 0 Å². The van der Waals surface area contributed by atoms with Crippen LogP contribution in [0.3, 0.4) is 0 Å². The number of rotatable bonds is 3. The molecule has 0 unspecified atom stereocenters. The first-order chi connectivity index (χ1) is 7.79. The third kappa shape index (κ3) is 2.31. The Hall–Kier alpha value is -2.02. The molecule has 0 aliphatic heterocycles. The Balaban J connectivity index is 2.09. The van der Waals surface area contributed by atoms with Crippen LogP contribution in [0.4, 0.5) is 5.95 Å². The zero-order valence-electron chi connectivity index (χ0n) is 9.49. The molecule has 0 aliphatic carbocycles. The number of hydrogen-bond donors (Lipinski definition) is 1. The number of aryl methyl sites for hydroxylation is 1. The Kier molecular flexibility index (Phi) is 3.06. The first kappa shape index (κ1) is 10.5. The average molecular weight is 214 g/mol. The fraction of sp³-hybridized carbons (Fsp3) is 0.333. The lowest BCUT2D eigenvalue weighted by atomic mass is 10.3. The van der Waals surface area contributed by atoms with Gasteiger partial charge in [-0.3, -0.25) is 0 Å². The number of nitrogens with one attached hydrogen (secondary N) is 1. The van der Waals surface area contributed by atoms with Gasteiger partial charge in [-0.15, -0.1) is 16.9 Å². The molecule has 0 aromatic carbocycles. The third-order valence-electron chi connectivity index (χ3n) is 2.19. The maximum atomic E-state index is 4.34. The van der Waals surface area contributed by atoms with Gasteiger partial charge < -0.3 is 5.32 Å². The molecule has 2 rings (SSSR count). The van der Waals surface area contributed by atoms with E-state index in [2.05, 4.69) is 27.2 Å². The van der Waals surface area contributed by atoms with Crippen molar-refractivity contribution in [2.24, 2.45) is 0 Å². The van der Waals surface area contributed by atoms with Crippen LogP contribution < -0.4 is 5.32 Å². The molecule has 0 amide bonds. The zero-order chi connectivity index (χ0) is 11.4. The molecule has 0 aliphatic rings. The molecule has 0 radical (unpaired) electrons. The smallest absolute Gasteiger partial charge is 0.243 e. The molecule has 4 nitrogen and oxygen atoms in total. The van der Waals surface area contributed by atoms with Gasteiger partial charge in [0.05, 0.1) is 0 Å². The Morgan fingerprint density at radius 3 is 3.12 bits per heavy atom. The Bertz CT molecular complexity index is 545. The van der Waals surface area contributed by atoms with E-state index in [4.69, 9.17) is 0 Å². The fourth-order valence-electron chi connectivity index (χ4n) is 1.42. The lowest BCUT2D eigenvalue weighted by Gasteiger charge is -1.94. The monoisotopic (exact) mass is 214 g/mol. The van der Waals surface area contributed by atoms with Crippen molar-refractivity contribution in [3.63, 3.8) is 0 Å². The summed E-state index contributed by atoms with van der Waals surface area (Å²) in [5.74, 6) is 6.49. The minimum atomic E-state index is 0.656. The van der Waals surface area contributed by atoms with E-state index in [0.717, 1.165) is 18.6 Å². The minimum Gasteiger partial charge on any atom is -0.352 e. The molecule has 0 saturated carbocycles. The van der Waals surface area contributed by atoms with Gasteiger partial charge in [0, 0.05) is 19.2 Å². The first-order valence-electron chi connectivity index (χ1n) is 5.26. The van der Waals surface area contributed by atoms with Crippen LogP contribution in [0, 0.1) is 18.8 Å². The number of anilines is 1.